The van der Waals surface area contributed by atoms with E-state index in [1.807, 2.05) is 0 Å². The number of ether oxygens (including phenoxy) is 1. The number of alkyl halides is 2. The Morgan fingerprint density at radius 3 is 1.96 bits per heavy atom. The summed E-state index contributed by atoms with van der Waals surface area (Å²) < 4.78 is 46.6. The van der Waals surface area contributed by atoms with Gasteiger partial charge < -0.3 is 4.74 Å². The van der Waals surface area contributed by atoms with Crippen LogP contribution in [0.25, 0.3) is 0 Å². The quantitative estimate of drug-likeness (QED) is 0.564. The summed E-state index contributed by atoms with van der Waals surface area (Å²) in [4.78, 5) is 0. The van der Waals surface area contributed by atoms with Crippen molar-refractivity contribution in [1.82, 2.24) is 0 Å². The fourth-order valence-electron chi connectivity index (χ4n) is 4.51. The van der Waals surface area contributed by atoms with Gasteiger partial charge in [0.05, 0.1) is 5.92 Å². The lowest BCUT2D eigenvalue weighted by molar-refractivity contribution is -0.223. The summed E-state index contributed by atoms with van der Waals surface area (Å²) in [6, 6.07) is 4.82. The Morgan fingerprint density at radius 2 is 1.40 bits per heavy atom. The van der Waals surface area contributed by atoms with Crippen LogP contribution in [0.15, 0.2) is 24.3 Å². The topological polar surface area (TPSA) is 9.23 Å². The molecule has 0 spiro atoms. The minimum Gasteiger partial charge on any atom is -0.432 e. The van der Waals surface area contributed by atoms with Crippen molar-refractivity contribution < 1.29 is 17.9 Å². The second-order valence-corrected chi connectivity index (χ2v) is 8.20. The molecule has 2 aliphatic carbocycles. The SMILES string of the molecule is CC1CCC(CC2CCC(C(F)(F)Oc3ccc(F)cc3)CC2)CC1. The fraction of sp³-hybridized carbons (Fsp3) is 0.714. The number of halogens is 3. The van der Waals surface area contributed by atoms with E-state index in [4.69, 9.17) is 4.74 Å². The Morgan fingerprint density at radius 1 is 0.880 bits per heavy atom. The van der Waals surface area contributed by atoms with Gasteiger partial charge in [0.15, 0.2) is 0 Å². The van der Waals surface area contributed by atoms with E-state index in [2.05, 4.69) is 6.92 Å². The molecule has 2 fully saturated rings. The van der Waals surface area contributed by atoms with Crippen molar-refractivity contribution in [2.45, 2.75) is 70.8 Å². The molecule has 140 valence electrons. The second kappa shape index (κ2) is 8.01. The van der Waals surface area contributed by atoms with Crippen molar-refractivity contribution in [3.05, 3.63) is 30.1 Å². The molecule has 0 radical (unpaired) electrons. The molecular formula is C21H29F3O. The van der Waals surface area contributed by atoms with E-state index in [0.29, 0.717) is 18.8 Å². The average Bonchev–Trinajstić information content (AvgIpc) is 2.59. The molecule has 0 aromatic heterocycles. The number of benzene rings is 1. The molecule has 2 saturated carbocycles. The molecule has 0 aliphatic heterocycles. The largest absolute Gasteiger partial charge is 0.432 e. The highest BCUT2D eigenvalue weighted by Gasteiger charge is 2.44. The van der Waals surface area contributed by atoms with Crippen LogP contribution in [-0.4, -0.2) is 6.11 Å². The Bertz CT molecular complexity index is 527. The molecule has 0 unspecified atom stereocenters. The van der Waals surface area contributed by atoms with E-state index < -0.39 is 17.8 Å². The van der Waals surface area contributed by atoms with Crippen LogP contribution in [0.3, 0.4) is 0 Å². The zero-order valence-corrected chi connectivity index (χ0v) is 15.0. The summed E-state index contributed by atoms with van der Waals surface area (Å²) >= 11 is 0. The lowest BCUT2D eigenvalue weighted by Gasteiger charge is -2.35. The summed E-state index contributed by atoms with van der Waals surface area (Å²) in [7, 11) is 0. The summed E-state index contributed by atoms with van der Waals surface area (Å²) in [6.07, 6.45) is 6.08. The second-order valence-electron chi connectivity index (χ2n) is 8.20. The van der Waals surface area contributed by atoms with Gasteiger partial charge in [-0.25, -0.2) is 4.39 Å². The van der Waals surface area contributed by atoms with Crippen LogP contribution in [0.4, 0.5) is 13.2 Å². The van der Waals surface area contributed by atoms with Crippen molar-refractivity contribution in [3.63, 3.8) is 0 Å². The van der Waals surface area contributed by atoms with Gasteiger partial charge in [0.1, 0.15) is 11.6 Å². The predicted octanol–water partition coefficient (Wildman–Crippen LogP) is 6.82. The van der Waals surface area contributed by atoms with Crippen LogP contribution in [0.2, 0.25) is 0 Å². The molecule has 0 atom stereocenters. The van der Waals surface area contributed by atoms with Crippen LogP contribution in [0.5, 0.6) is 5.75 Å². The van der Waals surface area contributed by atoms with Crippen LogP contribution in [0, 0.1) is 29.5 Å². The summed E-state index contributed by atoms with van der Waals surface area (Å²) in [5.74, 6) is 1.10. The molecule has 2 aliphatic rings. The van der Waals surface area contributed by atoms with Crippen molar-refractivity contribution in [2.24, 2.45) is 23.7 Å². The highest BCUT2D eigenvalue weighted by Crippen LogP contribution is 2.43. The number of rotatable bonds is 5. The Labute approximate surface area is 149 Å². The lowest BCUT2D eigenvalue weighted by Crippen LogP contribution is -2.37. The molecule has 0 heterocycles. The van der Waals surface area contributed by atoms with E-state index in [-0.39, 0.29) is 5.75 Å². The molecule has 3 rings (SSSR count). The third-order valence-corrected chi connectivity index (χ3v) is 6.19. The smallest absolute Gasteiger partial charge is 0.400 e. The third kappa shape index (κ3) is 5.15. The zero-order chi connectivity index (χ0) is 17.9. The van der Waals surface area contributed by atoms with Gasteiger partial charge in [-0.15, -0.1) is 0 Å². The maximum atomic E-state index is 14.4. The van der Waals surface area contributed by atoms with E-state index in [1.54, 1.807) is 0 Å². The van der Waals surface area contributed by atoms with Gasteiger partial charge in [0.25, 0.3) is 0 Å². The molecule has 0 bridgehead atoms. The van der Waals surface area contributed by atoms with Crippen molar-refractivity contribution >= 4 is 0 Å². The maximum absolute atomic E-state index is 14.4. The minimum absolute atomic E-state index is 0.0323. The third-order valence-electron chi connectivity index (χ3n) is 6.19. The summed E-state index contributed by atoms with van der Waals surface area (Å²) in [5.41, 5.74) is 0. The molecule has 0 N–H and O–H groups in total. The van der Waals surface area contributed by atoms with Gasteiger partial charge in [-0.1, -0.05) is 32.6 Å². The van der Waals surface area contributed by atoms with Crippen LogP contribution < -0.4 is 4.74 Å². The zero-order valence-electron chi connectivity index (χ0n) is 15.0. The standard InChI is InChI=1S/C21H29F3O/c1-15-2-4-16(5-3-15)14-17-6-8-18(9-7-17)21(23,24)25-20-12-10-19(22)11-13-20/h10-13,15-18H,2-9,14H2,1H3. The average molecular weight is 354 g/mol. The minimum atomic E-state index is -3.18. The van der Waals surface area contributed by atoms with Crippen LogP contribution in [0.1, 0.15) is 64.7 Å². The monoisotopic (exact) mass is 354 g/mol. The van der Waals surface area contributed by atoms with E-state index in [9.17, 15) is 13.2 Å². The Balaban J connectivity index is 1.46. The van der Waals surface area contributed by atoms with Gasteiger partial charge in [-0.2, -0.15) is 8.78 Å². The molecule has 25 heavy (non-hydrogen) atoms. The number of hydrogen-bond acceptors (Lipinski definition) is 1. The molecule has 1 aromatic rings. The predicted molar refractivity (Wildman–Crippen MR) is 93.2 cm³/mol. The van der Waals surface area contributed by atoms with Crippen LogP contribution in [-0.2, 0) is 0 Å². The normalized spacial score (nSPS) is 30.9. The first-order chi connectivity index (χ1) is 11.9. The Hall–Kier alpha value is -1.19. The van der Waals surface area contributed by atoms with E-state index in [0.717, 1.165) is 36.8 Å². The Kier molecular flexibility index (Phi) is 5.96. The molecular weight excluding hydrogens is 325 g/mol. The van der Waals surface area contributed by atoms with Crippen LogP contribution >= 0.6 is 0 Å². The van der Waals surface area contributed by atoms with Gasteiger partial charge in [0, 0.05) is 0 Å². The highest BCUT2D eigenvalue weighted by molar-refractivity contribution is 5.22. The first-order valence-corrected chi connectivity index (χ1v) is 9.75. The van der Waals surface area contributed by atoms with Crippen molar-refractivity contribution in [2.75, 3.05) is 0 Å². The maximum Gasteiger partial charge on any atom is 0.400 e. The molecule has 0 amide bonds. The first kappa shape index (κ1) is 18.6. The van der Waals surface area contributed by atoms with Crippen molar-refractivity contribution in [3.8, 4) is 5.75 Å². The van der Waals surface area contributed by atoms with Crippen molar-refractivity contribution in [1.29, 1.82) is 0 Å². The van der Waals surface area contributed by atoms with Gasteiger partial charge in [-0.05, 0) is 74.1 Å². The number of hydrogen-bond donors (Lipinski definition) is 0. The van der Waals surface area contributed by atoms with Gasteiger partial charge >= 0.3 is 6.11 Å². The van der Waals surface area contributed by atoms with Gasteiger partial charge in [-0.3, -0.25) is 0 Å². The van der Waals surface area contributed by atoms with E-state index >= 15 is 0 Å². The lowest BCUT2D eigenvalue weighted by atomic mass is 9.73. The fourth-order valence-corrected chi connectivity index (χ4v) is 4.51. The molecule has 0 saturated heterocycles. The first-order valence-electron chi connectivity index (χ1n) is 9.75. The van der Waals surface area contributed by atoms with E-state index in [1.165, 1.54) is 44.2 Å². The molecule has 1 nitrogen and oxygen atoms in total. The summed E-state index contributed by atoms with van der Waals surface area (Å²) in [6.45, 7) is 2.32. The molecule has 1 aromatic carbocycles. The highest BCUT2D eigenvalue weighted by atomic mass is 19.3. The van der Waals surface area contributed by atoms with Gasteiger partial charge in [0.2, 0.25) is 0 Å². The summed E-state index contributed by atoms with van der Waals surface area (Å²) in [5, 5.41) is 0. The molecule has 4 heteroatoms.